The molecule has 2 amide bonds. The maximum absolute atomic E-state index is 12.6. The second kappa shape index (κ2) is 10.5. The van der Waals surface area contributed by atoms with Crippen LogP contribution >= 0.6 is 0 Å². The number of alkyl carbamates (subject to hydrolysis) is 1. The van der Waals surface area contributed by atoms with Crippen LogP contribution in [-0.4, -0.2) is 48.5 Å². The number of amides is 2. The van der Waals surface area contributed by atoms with Crippen LogP contribution in [0.2, 0.25) is 0 Å². The molecule has 3 rings (SSSR count). The van der Waals surface area contributed by atoms with Gasteiger partial charge in [0.25, 0.3) is 0 Å². The number of ether oxygens (including phenoxy) is 2. The van der Waals surface area contributed by atoms with Crippen LogP contribution in [-0.2, 0) is 23.9 Å². The third-order valence-electron chi connectivity index (χ3n) is 5.25. The summed E-state index contributed by atoms with van der Waals surface area (Å²) in [5.74, 6) is -1.73. The Bertz CT molecular complexity index is 1040. The molecule has 0 saturated heterocycles. The molecule has 8 heteroatoms. The molecule has 2 aromatic carbocycles. The number of ketones is 1. The minimum Gasteiger partial charge on any atom is -0.460 e. The van der Waals surface area contributed by atoms with Gasteiger partial charge in [-0.05, 0) is 49.9 Å². The lowest BCUT2D eigenvalue weighted by molar-refractivity contribution is -0.156. The van der Waals surface area contributed by atoms with E-state index >= 15 is 0 Å². The summed E-state index contributed by atoms with van der Waals surface area (Å²) in [6.07, 6.45) is -1.24. The third kappa shape index (κ3) is 6.43. The van der Waals surface area contributed by atoms with Crippen LogP contribution in [0.15, 0.2) is 48.5 Å². The van der Waals surface area contributed by atoms with Gasteiger partial charge < -0.3 is 20.1 Å². The normalized spacial score (nSPS) is 13.3. The molecule has 34 heavy (non-hydrogen) atoms. The predicted octanol–water partition coefficient (Wildman–Crippen LogP) is 3.33. The molecule has 0 aliphatic heterocycles. The first-order chi connectivity index (χ1) is 16.0. The van der Waals surface area contributed by atoms with Crippen molar-refractivity contribution in [1.82, 2.24) is 10.6 Å². The molecule has 0 aromatic heterocycles. The molecule has 1 atom stereocenters. The van der Waals surface area contributed by atoms with E-state index in [0.29, 0.717) is 0 Å². The molecule has 0 fully saturated rings. The lowest BCUT2D eigenvalue weighted by Gasteiger charge is -2.22. The highest BCUT2D eigenvalue weighted by Crippen LogP contribution is 2.44. The Kier molecular flexibility index (Phi) is 7.71. The predicted molar refractivity (Wildman–Crippen MR) is 126 cm³/mol. The van der Waals surface area contributed by atoms with E-state index in [9.17, 15) is 19.2 Å². The maximum atomic E-state index is 12.6. The van der Waals surface area contributed by atoms with E-state index in [4.69, 9.17) is 9.47 Å². The van der Waals surface area contributed by atoms with Crippen molar-refractivity contribution in [3.63, 3.8) is 0 Å². The molecule has 8 nitrogen and oxygen atoms in total. The zero-order chi connectivity index (χ0) is 24.9. The first-order valence-electron chi connectivity index (χ1n) is 11.2. The van der Waals surface area contributed by atoms with Crippen molar-refractivity contribution in [3.05, 3.63) is 59.7 Å². The number of benzene rings is 2. The number of Topliss-reactive ketones (excluding diaryl/α,β-unsaturated/α-hetero) is 1. The first-order valence-corrected chi connectivity index (χ1v) is 11.2. The van der Waals surface area contributed by atoms with Gasteiger partial charge in [-0.15, -0.1) is 0 Å². The molecule has 180 valence electrons. The number of hydrogen-bond donors (Lipinski definition) is 2. The van der Waals surface area contributed by atoms with Gasteiger partial charge in [0.2, 0.25) is 5.91 Å². The van der Waals surface area contributed by atoms with Gasteiger partial charge >= 0.3 is 12.1 Å². The van der Waals surface area contributed by atoms with Crippen LogP contribution in [0.1, 0.15) is 51.2 Å². The topological polar surface area (TPSA) is 111 Å². The van der Waals surface area contributed by atoms with Gasteiger partial charge in [0.1, 0.15) is 24.0 Å². The summed E-state index contributed by atoms with van der Waals surface area (Å²) >= 11 is 0. The van der Waals surface area contributed by atoms with Crippen molar-refractivity contribution in [2.75, 3.05) is 13.2 Å². The highest BCUT2D eigenvalue weighted by atomic mass is 16.6. The highest BCUT2D eigenvalue weighted by molar-refractivity contribution is 5.92. The lowest BCUT2D eigenvalue weighted by atomic mass is 9.98. The van der Waals surface area contributed by atoms with E-state index in [0.717, 1.165) is 22.3 Å². The number of carbonyl (C=O) groups excluding carboxylic acids is 4. The monoisotopic (exact) mass is 466 g/mol. The molecular weight excluding hydrogens is 436 g/mol. The molecule has 1 unspecified atom stereocenters. The minimum absolute atomic E-state index is 0.0636. The van der Waals surface area contributed by atoms with Crippen molar-refractivity contribution in [2.45, 2.75) is 51.7 Å². The molecule has 0 radical (unpaired) electrons. The van der Waals surface area contributed by atoms with Crippen LogP contribution in [0.3, 0.4) is 0 Å². The van der Waals surface area contributed by atoms with Gasteiger partial charge in [-0.1, -0.05) is 48.5 Å². The summed E-state index contributed by atoms with van der Waals surface area (Å²) in [6, 6.07) is 14.6. The molecule has 2 aromatic rings. The van der Waals surface area contributed by atoms with Gasteiger partial charge in [0.05, 0.1) is 13.0 Å². The number of carbonyl (C=O) groups is 4. The molecule has 0 saturated carbocycles. The van der Waals surface area contributed by atoms with Crippen molar-refractivity contribution >= 4 is 23.8 Å². The van der Waals surface area contributed by atoms with Crippen molar-refractivity contribution in [2.24, 2.45) is 0 Å². The van der Waals surface area contributed by atoms with Crippen molar-refractivity contribution < 1.29 is 28.7 Å². The number of fused-ring (bicyclic) bond motifs is 3. The summed E-state index contributed by atoms with van der Waals surface area (Å²) in [7, 11) is 0. The lowest BCUT2D eigenvalue weighted by Crippen LogP contribution is -2.49. The molecule has 0 bridgehead atoms. The molecule has 1 aliphatic rings. The SMILES string of the molecule is CC(=O)CNC(=O)C(CC(=O)OC(C)(C)C)NC(=O)OCC1c2ccccc2-c2ccccc21. The van der Waals surface area contributed by atoms with Crippen molar-refractivity contribution in [1.29, 1.82) is 0 Å². The minimum atomic E-state index is -1.25. The molecule has 0 heterocycles. The van der Waals surface area contributed by atoms with Gasteiger partial charge in [-0.2, -0.15) is 0 Å². The maximum Gasteiger partial charge on any atom is 0.407 e. The van der Waals surface area contributed by atoms with Gasteiger partial charge in [-0.3, -0.25) is 14.4 Å². The van der Waals surface area contributed by atoms with Gasteiger partial charge in [0.15, 0.2) is 0 Å². The average Bonchev–Trinajstić information content (AvgIpc) is 3.08. The van der Waals surface area contributed by atoms with Crippen LogP contribution in [0.25, 0.3) is 11.1 Å². The summed E-state index contributed by atoms with van der Waals surface area (Å²) < 4.78 is 10.7. The van der Waals surface area contributed by atoms with E-state index < -0.39 is 36.0 Å². The van der Waals surface area contributed by atoms with Crippen LogP contribution in [0.5, 0.6) is 0 Å². The fraction of sp³-hybridized carbons (Fsp3) is 0.385. The highest BCUT2D eigenvalue weighted by Gasteiger charge is 2.31. The van der Waals surface area contributed by atoms with Gasteiger partial charge in [0, 0.05) is 5.92 Å². The molecule has 1 aliphatic carbocycles. The van der Waals surface area contributed by atoms with E-state index in [1.54, 1.807) is 20.8 Å². The summed E-state index contributed by atoms with van der Waals surface area (Å²) in [4.78, 5) is 48.7. The molecule has 2 N–H and O–H groups in total. The van der Waals surface area contributed by atoms with Crippen LogP contribution < -0.4 is 10.6 Å². The van der Waals surface area contributed by atoms with E-state index in [-0.39, 0.29) is 24.9 Å². The zero-order valence-electron chi connectivity index (χ0n) is 19.8. The Morgan fingerprint density at radius 2 is 1.50 bits per heavy atom. The fourth-order valence-corrected chi connectivity index (χ4v) is 3.88. The van der Waals surface area contributed by atoms with Crippen LogP contribution in [0, 0.1) is 0 Å². The second-order valence-electron chi connectivity index (χ2n) is 9.23. The number of rotatable bonds is 8. The standard InChI is InChI=1S/C26H30N2O6/c1-16(29)14-27-24(31)22(13-23(30)34-26(2,3)4)28-25(32)33-15-21-19-11-7-5-9-17(19)18-10-6-8-12-20(18)21/h5-12,21-22H,13-15H2,1-4H3,(H,27,31)(H,28,32). The summed E-state index contributed by atoms with van der Waals surface area (Å²) in [5, 5.41) is 4.86. The first kappa shape index (κ1) is 25.0. The van der Waals surface area contributed by atoms with E-state index in [2.05, 4.69) is 10.6 Å². The van der Waals surface area contributed by atoms with Crippen LogP contribution in [0.4, 0.5) is 4.79 Å². The Labute approximate surface area is 199 Å². The second-order valence-corrected chi connectivity index (χ2v) is 9.23. The Balaban J connectivity index is 1.67. The van der Waals surface area contributed by atoms with E-state index in [1.165, 1.54) is 6.92 Å². The number of esters is 1. The fourth-order valence-electron chi connectivity index (χ4n) is 3.88. The quantitative estimate of drug-likeness (QED) is 0.578. The average molecular weight is 467 g/mol. The zero-order valence-corrected chi connectivity index (χ0v) is 19.8. The Morgan fingerprint density at radius 3 is 2.03 bits per heavy atom. The number of nitrogens with one attached hydrogen (secondary N) is 2. The number of hydrogen-bond acceptors (Lipinski definition) is 6. The largest absolute Gasteiger partial charge is 0.460 e. The Morgan fingerprint density at radius 1 is 0.941 bits per heavy atom. The van der Waals surface area contributed by atoms with E-state index in [1.807, 2.05) is 48.5 Å². The summed E-state index contributed by atoms with van der Waals surface area (Å²) in [5.41, 5.74) is 3.56. The van der Waals surface area contributed by atoms with Crippen molar-refractivity contribution in [3.8, 4) is 11.1 Å². The third-order valence-corrected chi connectivity index (χ3v) is 5.25. The van der Waals surface area contributed by atoms with Gasteiger partial charge in [-0.25, -0.2) is 4.79 Å². The molecular formula is C26H30N2O6. The molecule has 0 spiro atoms. The Hall–Kier alpha value is -3.68. The summed E-state index contributed by atoms with van der Waals surface area (Å²) in [6.45, 7) is 6.28. The smallest absolute Gasteiger partial charge is 0.407 e.